The van der Waals surface area contributed by atoms with Gasteiger partial charge in [-0.3, -0.25) is 9.36 Å². The van der Waals surface area contributed by atoms with Gasteiger partial charge in [0.05, 0.1) is 11.1 Å². The van der Waals surface area contributed by atoms with E-state index in [4.69, 9.17) is 16.6 Å². The largest absolute Gasteiger partial charge is 0.301 e. The summed E-state index contributed by atoms with van der Waals surface area (Å²) < 4.78 is 1.79. The Hall–Kier alpha value is -2.12. The Morgan fingerprint density at radius 3 is 2.61 bits per heavy atom. The maximum absolute atomic E-state index is 13.8. The molecule has 3 heterocycles. The van der Waals surface area contributed by atoms with Gasteiger partial charge in [0, 0.05) is 28.7 Å². The highest BCUT2D eigenvalue weighted by molar-refractivity contribution is 7.98. The molecule has 7 heteroatoms. The number of benzene rings is 2. The number of halogens is 1. The predicted molar refractivity (Wildman–Crippen MR) is 131 cm³/mol. The minimum Gasteiger partial charge on any atom is -0.301 e. The maximum Gasteiger partial charge on any atom is 0.267 e. The van der Waals surface area contributed by atoms with Crippen molar-refractivity contribution < 1.29 is 0 Å². The number of hydrogen-bond donors (Lipinski definition) is 0. The van der Waals surface area contributed by atoms with Gasteiger partial charge in [0.15, 0.2) is 5.16 Å². The second-order valence-electron chi connectivity index (χ2n) is 7.96. The lowest BCUT2D eigenvalue weighted by Gasteiger charge is -2.21. The molecule has 1 aliphatic heterocycles. The van der Waals surface area contributed by atoms with E-state index in [1.165, 1.54) is 10.4 Å². The number of aryl methyl sites for hydroxylation is 1. The molecule has 0 unspecified atom stereocenters. The molecule has 5 rings (SSSR count). The van der Waals surface area contributed by atoms with E-state index in [9.17, 15) is 4.79 Å². The van der Waals surface area contributed by atoms with Crippen molar-refractivity contribution in [3.8, 4) is 5.69 Å². The van der Waals surface area contributed by atoms with Gasteiger partial charge in [0.2, 0.25) is 0 Å². The lowest BCUT2D eigenvalue weighted by molar-refractivity contribution is 0.318. The van der Waals surface area contributed by atoms with E-state index in [0.29, 0.717) is 0 Å². The van der Waals surface area contributed by atoms with Crippen LogP contribution in [0.3, 0.4) is 0 Å². The molecule has 1 aliphatic rings. The van der Waals surface area contributed by atoms with Gasteiger partial charge in [-0.05, 0) is 55.8 Å². The van der Waals surface area contributed by atoms with Crippen LogP contribution >= 0.6 is 34.7 Å². The smallest absolute Gasteiger partial charge is 0.267 e. The van der Waals surface area contributed by atoms with Crippen molar-refractivity contribution in [3.63, 3.8) is 0 Å². The number of rotatable bonds is 4. The summed E-state index contributed by atoms with van der Waals surface area (Å²) in [6, 6.07) is 15.9. The highest BCUT2D eigenvalue weighted by Crippen LogP contribution is 2.34. The van der Waals surface area contributed by atoms with E-state index in [2.05, 4.69) is 18.9 Å². The zero-order valence-electron chi connectivity index (χ0n) is 17.4. The first-order valence-electron chi connectivity index (χ1n) is 10.2. The molecule has 0 fully saturated rings. The van der Waals surface area contributed by atoms with Crippen molar-refractivity contribution in [2.45, 2.75) is 30.8 Å². The Morgan fingerprint density at radius 1 is 1.13 bits per heavy atom. The fraction of sp³-hybridized carbons (Fsp3) is 0.250. The summed E-state index contributed by atoms with van der Waals surface area (Å²) in [4.78, 5) is 23.2. The first kappa shape index (κ1) is 20.8. The Balaban J connectivity index is 1.65. The second-order valence-corrected chi connectivity index (χ2v) is 10.4. The van der Waals surface area contributed by atoms with Gasteiger partial charge < -0.3 is 4.90 Å². The first-order chi connectivity index (χ1) is 15.0. The van der Waals surface area contributed by atoms with Crippen LogP contribution in [0.2, 0.25) is 5.02 Å². The molecule has 2 aromatic carbocycles. The lowest BCUT2D eigenvalue weighted by Crippen LogP contribution is -2.27. The number of nitrogens with zero attached hydrogens (tertiary/aromatic N) is 3. The van der Waals surface area contributed by atoms with Crippen LogP contribution in [0.15, 0.2) is 58.5 Å². The maximum atomic E-state index is 13.8. The molecular formula is C24H22ClN3OS2. The topological polar surface area (TPSA) is 38.1 Å². The van der Waals surface area contributed by atoms with Crippen LogP contribution in [0, 0.1) is 6.92 Å². The number of thioether (sulfide) groups is 1. The second kappa shape index (κ2) is 8.43. The quantitative estimate of drug-likeness (QED) is 0.285. The van der Waals surface area contributed by atoms with Crippen molar-refractivity contribution >= 4 is 44.9 Å². The molecule has 4 aromatic rings. The molecule has 0 N–H and O–H groups in total. The Morgan fingerprint density at radius 2 is 1.87 bits per heavy atom. The van der Waals surface area contributed by atoms with Crippen molar-refractivity contribution in [2.75, 3.05) is 13.6 Å². The Labute approximate surface area is 194 Å². The molecular weight excluding hydrogens is 446 g/mol. The van der Waals surface area contributed by atoms with Crippen LogP contribution in [-0.4, -0.2) is 28.0 Å². The average molecular weight is 468 g/mol. The van der Waals surface area contributed by atoms with Crippen LogP contribution in [-0.2, 0) is 18.7 Å². The average Bonchev–Trinajstić information content (AvgIpc) is 3.12. The number of aromatic nitrogens is 2. The molecule has 0 radical (unpaired) electrons. The van der Waals surface area contributed by atoms with Gasteiger partial charge in [-0.1, -0.05) is 53.2 Å². The van der Waals surface area contributed by atoms with Gasteiger partial charge in [-0.25, -0.2) is 4.98 Å². The summed E-state index contributed by atoms with van der Waals surface area (Å²) >= 11 is 9.28. The van der Waals surface area contributed by atoms with Gasteiger partial charge >= 0.3 is 0 Å². The summed E-state index contributed by atoms with van der Waals surface area (Å²) in [6.45, 7) is 3.90. The first-order valence-corrected chi connectivity index (χ1v) is 12.4. The zero-order chi connectivity index (χ0) is 21.5. The van der Waals surface area contributed by atoms with E-state index in [-0.39, 0.29) is 5.56 Å². The van der Waals surface area contributed by atoms with Crippen LogP contribution in [0.1, 0.15) is 21.6 Å². The van der Waals surface area contributed by atoms with Crippen LogP contribution < -0.4 is 5.56 Å². The molecule has 0 saturated carbocycles. The minimum atomic E-state index is 0.0366. The lowest BCUT2D eigenvalue weighted by atomic mass is 10.1. The fourth-order valence-corrected chi connectivity index (χ4v) is 6.33. The summed E-state index contributed by atoms with van der Waals surface area (Å²) in [7, 11) is 2.12. The normalized spacial score (nSPS) is 14.2. The highest BCUT2D eigenvalue weighted by atomic mass is 35.5. The van der Waals surface area contributed by atoms with Crippen molar-refractivity contribution in [1.29, 1.82) is 0 Å². The third-order valence-corrected chi connectivity index (χ3v) is 7.98. The standard InChI is InChI=1S/C24H22ClN3OS2/c1-15-3-9-18(10-4-15)28-23(29)21-19-11-12-27(2)13-20(19)31-22(21)26-24(28)30-14-16-5-7-17(25)8-6-16/h3-10H,11-14H2,1-2H3. The van der Waals surface area contributed by atoms with Crippen molar-refractivity contribution in [2.24, 2.45) is 0 Å². The Bertz CT molecular complexity index is 1310. The number of thiophene rings is 1. The van der Waals surface area contributed by atoms with Crippen LogP contribution in [0.5, 0.6) is 0 Å². The van der Waals surface area contributed by atoms with E-state index in [1.54, 1.807) is 27.7 Å². The molecule has 0 bridgehead atoms. The van der Waals surface area contributed by atoms with Crippen LogP contribution in [0.25, 0.3) is 15.9 Å². The SMILES string of the molecule is Cc1ccc(-n2c(SCc3ccc(Cl)cc3)nc3sc4c(c3c2=O)CCN(C)C4)cc1. The third kappa shape index (κ3) is 4.05. The molecule has 158 valence electrons. The van der Waals surface area contributed by atoms with E-state index < -0.39 is 0 Å². The molecule has 2 aromatic heterocycles. The summed E-state index contributed by atoms with van der Waals surface area (Å²) in [6.07, 6.45) is 0.897. The number of fused-ring (bicyclic) bond motifs is 3. The molecule has 0 aliphatic carbocycles. The molecule has 0 spiro atoms. The van der Waals surface area contributed by atoms with Crippen LogP contribution in [0.4, 0.5) is 0 Å². The predicted octanol–water partition coefficient (Wildman–Crippen LogP) is 5.69. The fourth-order valence-electron chi connectivity index (χ4n) is 3.90. The van der Waals surface area contributed by atoms with Gasteiger partial charge in [-0.15, -0.1) is 11.3 Å². The molecule has 4 nitrogen and oxygen atoms in total. The van der Waals surface area contributed by atoms with E-state index >= 15 is 0 Å². The minimum absolute atomic E-state index is 0.0366. The molecule has 0 saturated heterocycles. The zero-order valence-corrected chi connectivity index (χ0v) is 19.8. The summed E-state index contributed by atoms with van der Waals surface area (Å²) in [5, 5.41) is 2.24. The summed E-state index contributed by atoms with van der Waals surface area (Å²) in [5.74, 6) is 0.717. The van der Waals surface area contributed by atoms with Gasteiger partial charge in [0.1, 0.15) is 4.83 Å². The number of hydrogen-bond acceptors (Lipinski definition) is 5. The number of likely N-dealkylation sites (N-methyl/N-ethyl adjacent to an activating group) is 1. The van der Waals surface area contributed by atoms with Gasteiger partial charge in [-0.2, -0.15) is 0 Å². The monoisotopic (exact) mass is 467 g/mol. The summed E-state index contributed by atoms with van der Waals surface area (Å²) in [5.41, 5.74) is 4.39. The highest BCUT2D eigenvalue weighted by Gasteiger charge is 2.24. The van der Waals surface area contributed by atoms with Gasteiger partial charge in [0.25, 0.3) is 5.56 Å². The molecule has 0 amide bonds. The third-order valence-electron chi connectivity index (χ3n) is 5.61. The van der Waals surface area contributed by atoms with E-state index in [0.717, 1.165) is 62.5 Å². The van der Waals surface area contributed by atoms with E-state index in [1.807, 2.05) is 48.5 Å². The van der Waals surface area contributed by atoms with Crippen molar-refractivity contribution in [1.82, 2.24) is 14.5 Å². The molecule has 31 heavy (non-hydrogen) atoms. The molecule has 0 atom stereocenters. The van der Waals surface area contributed by atoms with Crippen molar-refractivity contribution in [3.05, 3.63) is 85.5 Å². The Kier molecular flexibility index (Phi) is 5.65.